The van der Waals surface area contributed by atoms with E-state index in [1.165, 1.54) is 4.31 Å². The van der Waals surface area contributed by atoms with Crippen LogP contribution in [-0.4, -0.2) is 60.9 Å². The smallest absolute Gasteiger partial charge is 0.248 e. The molecule has 3 rings (SSSR count). The first-order valence-electron chi connectivity index (χ1n) is 9.74. The first kappa shape index (κ1) is 21.5. The molecule has 1 aliphatic heterocycles. The van der Waals surface area contributed by atoms with Crippen LogP contribution in [0.5, 0.6) is 0 Å². The van der Waals surface area contributed by atoms with E-state index in [0.29, 0.717) is 37.6 Å². The largest absolute Gasteiger partial charge is 0.360 e. The number of hydrogen-bond donors (Lipinski definition) is 1. The number of sulfonamides is 1. The highest BCUT2D eigenvalue weighted by Crippen LogP contribution is 2.24. The minimum Gasteiger partial charge on any atom is -0.360 e. The molecule has 0 aliphatic carbocycles. The highest BCUT2D eigenvalue weighted by Gasteiger charge is 2.35. The van der Waals surface area contributed by atoms with E-state index in [1.807, 2.05) is 49.1 Å². The van der Waals surface area contributed by atoms with Gasteiger partial charge in [0.2, 0.25) is 15.9 Å². The van der Waals surface area contributed by atoms with Crippen molar-refractivity contribution in [3.8, 4) is 0 Å². The summed E-state index contributed by atoms with van der Waals surface area (Å²) in [6.45, 7) is 8.63. The van der Waals surface area contributed by atoms with Gasteiger partial charge in [-0.2, -0.15) is 4.31 Å². The predicted molar refractivity (Wildman–Crippen MR) is 109 cm³/mol. The molecule has 2 unspecified atom stereocenters. The number of piperazine rings is 1. The Kier molecular flexibility index (Phi) is 6.40. The number of nitrogens with zero attached hydrogens (tertiary/aromatic N) is 3. The summed E-state index contributed by atoms with van der Waals surface area (Å²) in [7, 11) is -3.65. The summed E-state index contributed by atoms with van der Waals surface area (Å²) in [6.07, 6.45) is 0. The van der Waals surface area contributed by atoms with Gasteiger partial charge in [0.1, 0.15) is 10.6 Å². The minimum absolute atomic E-state index is 0.0663. The van der Waals surface area contributed by atoms with Gasteiger partial charge in [-0.05, 0) is 33.3 Å². The number of carbonyl (C=O) groups excluding carboxylic acids is 1. The normalized spacial score (nSPS) is 18.3. The second-order valence-corrected chi connectivity index (χ2v) is 9.29. The van der Waals surface area contributed by atoms with Gasteiger partial charge in [-0.1, -0.05) is 35.5 Å². The van der Waals surface area contributed by atoms with E-state index in [0.717, 1.165) is 5.56 Å². The third kappa shape index (κ3) is 4.52. The molecule has 1 saturated heterocycles. The highest BCUT2D eigenvalue weighted by atomic mass is 32.2. The van der Waals surface area contributed by atoms with Crippen LogP contribution in [0.15, 0.2) is 39.8 Å². The van der Waals surface area contributed by atoms with Crippen LogP contribution in [0.1, 0.15) is 36.9 Å². The summed E-state index contributed by atoms with van der Waals surface area (Å²) in [4.78, 5) is 14.8. The van der Waals surface area contributed by atoms with Crippen molar-refractivity contribution < 1.29 is 17.7 Å². The summed E-state index contributed by atoms with van der Waals surface area (Å²) in [6, 6.07) is 9.36. The van der Waals surface area contributed by atoms with Gasteiger partial charge in [-0.15, -0.1) is 0 Å². The minimum atomic E-state index is -3.65. The van der Waals surface area contributed by atoms with Gasteiger partial charge in [0.15, 0.2) is 5.76 Å². The molecule has 29 heavy (non-hydrogen) atoms. The molecule has 1 amide bonds. The van der Waals surface area contributed by atoms with Gasteiger partial charge in [-0.3, -0.25) is 9.69 Å². The van der Waals surface area contributed by atoms with Gasteiger partial charge in [0.25, 0.3) is 0 Å². The first-order valence-corrected chi connectivity index (χ1v) is 11.2. The number of benzene rings is 1. The van der Waals surface area contributed by atoms with Gasteiger partial charge in [0, 0.05) is 26.2 Å². The van der Waals surface area contributed by atoms with Crippen LogP contribution < -0.4 is 5.32 Å². The fourth-order valence-corrected chi connectivity index (χ4v) is 5.34. The molecular formula is C20H28N4O4S. The molecule has 1 aliphatic rings. The third-order valence-corrected chi connectivity index (χ3v) is 7.57. The standard InChI is InChI=1S/C20H28N4O4S/c1-14(18-8-6-5-7-9-18)21-20(25)16(3)23-10-12-24(13-11-23)29(26,27)19-15(2)22-28-17(19)4/h5-9,14,16H,10-13H2,1-4H3,(H,21,25). The monoisotopic (exact) mass is 420 g/mol. The van der Waals surface area contributed by atoms with Crippen LogP contribution >= 0.6 is 0 Å². The summed E-state index contributed by atoms with van der Waals surface area (Å²) in [5.74, 6) is 0.232. The molecule has 2 heterocycles. The van der Waals surface area contributed by atoms with Crippen LogP contribution in [0, 0.1) is 13.8 Å². The average Bonchev–Trinajstić information content (AvgIpc) is 3.06. The third-order valence-electron chi connectivity index (χ3n) is 5.42. The summed E-state index contributed by atoms with van der Waals surface area (Å²) < 4.78 is 32.3. The molecule has 0 radical (unpaired) electrons. The van der Waals surface area contributed by atoms with Crippen LogP contribution in [0.25, 0.3) is 0 Å². The lowest BCUT2D eigenvalue weighted by atomic mass is 10.1. The second kappa shape index (κ2) is 8.64. The van der Waals surface area contributed by atoms with Crippen molar-refractivity contribution in [1.29, 1.82) is 0 Å². The quantitative estimate of drug-likeness (QED) is 0.766. The van der Waals surface area contributed by atoms with E-state index >= 15 is 0 Å². The Morgan fingerprint density at radius 2 is 1.72 bits per heavy atom. The summed E-state index contributed by atoms with van der Waals surface area (Å²) >= 11 is 0. The molecule has 9 heteroatoms. The summed E-state index contributed by atoms with van der Waals surface area (Å²) in [5, 5.41) is 6.79. The molecule has 0 bridgehead atoms. The lowest BCUT2D eigenvalue weighted by molar-refractivity contribution is -0.127. The highest BCUT2D eigenvalue weighted by molar-refractivity contribution is 7.89. The molecular weight excluding hydrogens is 392 g/mol. The number of aromatic nitrogens is 1. The fraction of sp³-hybridized carbons (Fsp3) is 0.500. The fourth-order valence-electron chi connectivity index (χ4n) is 3.63. The molecule has 0 saturated carbocycles. The number of rotatable bonds is 6. The van der Waals surface area contributed by atoms with Crippen molar-refractivity contribution in [2.24, 2.45) is 0 Å². The molecule has 1 fully saturated rings. The zero-order chi connectivity index (χ0) is 21.2. The van der Waals surface area contributed by atoms with E-state index in [9.17, 15) is 13.2 Å². The van der Waals surface area contributed by atoms with E-state index < -0.39 is 10.0 Å². The Morgan fingerprint density at radius 3 is 2.28 bits per heavy atom. The van der Waals surface area contributed by atoms with E-state index in [4.69, 9.17) is 4.52 Å². The van der Waals surface area contributed by atoms with Crippen molar-refractivity contribution in [3.05, 3.63) is 47.3 Å². The number of hydrogen-bond acceptors (Lipinski definition) is 6. The number of amides is 1. The van der Waals surface area contributed by atoms with E-state index in [2.05, 4.69) is 10.5 Å². The van der Waals surface area contributed by atoms with Gasteiger partial charge in [0.05, 0.1) is 12.1 Å². The Morgan fingerprint density at radius 1 is 1.10 bits per heavy atom. The van der Waals surface area contributed by atoms with Crippen LogP contribution in [-0.2, 0) is 14.8 Å². The van der Waals surface area contributed by atoms with Crippen LogP contribution in [0.4, 0.5) is 0 Å². The Balaban J connectivity index is 1.59. The number of carbonyl (C=O) groups is 1. The van der Waals surface area contributed by atoms with Gasteiger partial charge in [-0.25, -0.2) is 8.42 Å². The molecule has 2 aromatic rings. The zero-order valence-electron chi connectivity index (χ0n) is 17.3. The average molecular weight is 421 g/mol. The molecule has 8 nitrogen and oxygen atoms in total. The van der Waals surface area contributed by atoms with Crippen molar-refractivity contribution in [2.45, 2.75) is 44.7 Å². The second-order valence-electron chi connectivity index (χ2n) is 7.41. The van der Waals surface area contributed by atoms with Crippen molar-refractivity contribution in [2.75, 3.05) is 26.2 Å². The van der Waals surface area contributed by atoms with Gasteiger partial charge >= 0.3 is 0 Å². The lowest BCUT2D eigenvalue weighted by Gasteiger charge is -2.37. The predicted octanol–water partition coefficient (Wildman–Crippen LogP) is 1.86. The molecule has 158 valence electrons. The zero-order valence-corrected chi connectivity index (χ0v) is 18.1. The molecule has 0 spiro atoms. The Labute approximate surface area is 171 Å². The molecule has 1 aromatic heterocycles. The lowest BCUT2D eigenvalue weighted by Crippen LogP contribution is -2.55. The molecule has 1 N–H and O–H groups in total. The SMILES string of the molecule is Cc1noc(C)c1S(=O)(=O)N1CCN(C(C)C(=O)NC(C)c2ccccc2)CC1. The van der Waals surface area contributed by atoms with Crippen LogP contribution in [0.2, 0.25) is 0 Å². The number of aryl methyl sites for hydroxylation is 2. The summed E-state index contributed by atoms with van der Waals surface area (Å²) in [5.41, 5.74) is 1.41. The van der Waals surface area contributed by atoms with Crippen molar-refractivity contribution in [1.82, 2.24) is 19.7 Å². The molecule has 2 atom stereocenters. The van der Waals surface area contributed by atoms with E-state index in [1.54, 1.807) is 13.8 Å². The van der Waals surface area contributed by atoms with Crippen molar-refractivity contribution in [3.63, 3.8) is 0 Å². The van der Waals surface area contributed by atoms with Crippen molar-refractivity contribution >= 4 is 15.9 Å². The number of nitrogens with one attached hydrogen (secondary N) is 1. The topological polar surface area (TPSA) is 95.8 Å². The van der Waals surface area contributed by atoms with Gasteiger partial charge < -0.3 is 9.84 Å². The maximum Gasteiger partial charge on any atom is 0.248 e. The molecule has 1 aromatic carbocycles. The maximum absolute atomic E-state index is 12.9. The first-order chi connectivity index (χ1) is 13.7. The maximum atomic E-state index is 12.9. The van der Waals surface area contributed by atoms with E-state index in [-0.39, 0.29) is 22.9 Å². The Bertz CT molecular complexity index is 931. The van der Waals surface area contributed by atoms with Crippen LogP contribution in [0.3, 0.4) is 0 Å². The Hall–Kier alpha value is -2.23.